The highest BCUT2D eigenvalue weighted by Crippen LogP contribution is 2.28. The van der Waals surface area contributed by atoms with Gasteiger partial charge < -0.3 is 5.73 Å². The van der Waals surface area contributed by atoms with Gasteiger partial charge in [-0.2, -0.15) is 4.31 Å². The summed E-state index contributed by atoms with van der Waals surface area (Å²) in [6.45, 7) is 1.92. The van der Waals surface area contributed by atoms with E-state index in [1.165, 1.54) is 4.31 Å². The van der Waals surface area contributed by atoms with Crippen molar-refractivity contribution in [2.75, 3.05) is 6.54 Å². The molecule has 1 aliphatic rings. The average Bonchev–Trinajstić information content (AvgIpc) is 2.44. The minimum absolute atomic E-state index is 0.0913. The van der Waals surface area contributed by atoms with E-state index in [9.17, 15) is 17.2 Å². The molecule has 0 atom stereocenters. The number of halogens is 2. The third-order valence-corrected chi connectivity index (χ3v) is 5.98. The van der Waals surface area contributed by atoms with Gasteiger partial charge in [0.25, 0.3) is 0 Å². The van der Waals surface area contributed by atoms with E-state index >= 15 is 0 Å². The Labute approximate surface area is 124 Å². The van der Waals surface area contributed by atoms with Crippen molar-refractivity contribution in [2.45, 2.75) is 49.6 Å². The SMILES string of the molecule is CCN(C1CCC(N)CC1)S(=O)(=O)c1cc(F)ccc1F. The van der Waals surface area contributed by atoms with E-state index in [2.05, 4.69) is 0 Å². The maximum absolute atomic E-state index is 13.8. The topological polar surface area (TPSA) is 63.4 Å². The van der Waals surface area contributed by atoms with E-state index in [1.54, 1.807) is 6.92 Å². The Kier molecular flexibility index (Phi) is 4.95. The Morgan fingerprint density at radius 2 is 1.86 bits per heavy atom. The van der Waals surface area contributed by atoms with Crippen molar-refractivity contribution >= 4 is 10.0 Å². The highest BCUT2D eigenvalue weighted by molar-refractivity contribution is 7.89. The average molecular weight is 318 g/mol. The molecule has 0 bridgehead atoms. The molecule has 0 radical (unpaired) electrons. The van der Waals surface area contributed by atoms with Gasteiger partial charge in [0, 0.05) is 18.6 Å². The van der Waals surface area contributed by atoms with Crippen LogP contribution in [-0.4, -0.2) is 31.4 Å². The monoisotopic (exact) mass is 318 g/mol. The van der Waals surface area contributed by atoms with Crippen LogP contribution in [0.4, 0.5) is 8.78 Å². The van der Waals surface area contributed by atoms with E-state index in [0.717, 1.165) is 31.0 Å². The van der Waals surface area contributed by atoms with Crippen molar-refractivity contribution in [3.8, 4) is 0 Å². The molecule has 4 nitrogen and oxygen atoms in total. The lowest BCUT2D eigenvalue weighted by atomic mass is 9.92. The summed E-state index contributed by atoms with van der Waals surface area (Å²) in [7, 11) is -4.04. The highest BCUT2D eigenvalue weighted by atomic mass is 32.2. The van der Waals surface area contributed by atoms with Crippen LogP contribution in [0, 0.1) is 11.6 Å². The van der Waals surface area contributed by atoms with Gasteiger partial charge in [0.15, 0.2) is 0 Å². The Morgan fingerprint density at radius 3 is 2.43 bits per heavy atom. The molecule has 0 spiro atoms. The number of sulfonamides is 1. The maximum atomic E-state index is 13.8. The summed E-state index contributed by atoms with van der Waals surface area (Å²) in [5.74, 6) is -1.70. The minimum Gasteiger partial charge on any atom is -0.328 e. The molecule has 1 aliphatic carbocycles. The van der Waals surface area contributed by atoms with Crippen molar-refractivity contribution in [1.29, 1.82) is 0 Å². The van der Waals surface area contributed by atoms with Gasteiger partial charge in [-0.25, -0.2) is 17.2 Å². The summed E-state index contributed by atoms with van der Waals surface area (Å²) in [4.78, 5) is -0.598. The van der Waals surface area contributed by atoms with Crippen LogP contribution < -0.4 is 5.73 Å². The van der Waals surface area contributed by atoms with Gasteiger partial charge in [-0.05, 0) is 43.9 Å². The predicted molar refractivity (Wildman–Crippen MR) is 76.2 cm³/mol. The van der Waals surface area contributed by atoms with Gasteiger partial charge in [0.2, 0.25) is 10.0 Å². The lowest BCUT2D eigenvalue weighted by Gasteiger charge is -2.34. The van der Waals surface area contributed by atoms with Crippen molar-refractivity contribution < 1.29 is 17.2 Å². The second-order valence-electron chi connectivity index (χ2n) is 5.35. The third kappa shape index (κ3) is 3.41. The Balaban J connectivity index is 2.33. The van der Waals surface area contributed by atoms with Gasteiger partial charge in [-0.3, -0.25) is 0 Å². The number of nitrogens with zero attached hydrogens (tertiary/aromatic N) is 1. The summed E-state index contributed by atoms with van der Waals surface area (Å²) in [6, 6.07) is 2.37. The predicted octanol–water partition coefficient (Wildman–Crippen LogP) is 2.25. The Morgan fingerprint density at radius 1 is 1.24 bits per heavy atom. The lowest BCUT2D eigenvalue weighted by Crippen LogP contribution is -2.44. The first-order valence-electron chi connectivity index (χ1n) is 7.08. The van der Waals surface area contributed by atoms with Crippen molar-refractivity contribution in [2.24, 2.45) is 5.73 Å². The van der Waals surface area contributed by atoms with Crippen LogP contribution in [0.25, 0.3) is 0 Å². The van der Waals surface area contributed by atoms with E-state index in [1.807, 2.05) is 0 Å². The molecule has 0 aromatic heterocycles. The zero-order chi connectivity index (χ0) is 15.6. The summed E-state index contributed by atoms with van der Waals surface area (Å²) in [5.41, 5.74) is 5.83. The minimum atomic E-state index is -4.04. The normalized spacial score (nSPS) is 23.5. The van der Waals surface area contributed by atoms with Crippen LogP contribution in [0.5, 0.6) is 0 Å². The molecule has 21 heavy (non-hydrogen) atoms. The zero-order valence-corrected chi connectivity index (χ0v) is 12.7. The lowest BCUT2D eigenvalue weighted by molar-refractivity contribution is 0.246. The van der Waals surface area contributed by atoms with Crippen molar-refractivity contribution in [3.63, 3.8) is 0 Å². The molecule has 0 aliphatic heterocycles. The molecule has 2 N–H and O–H groups in total. The first-order chi connectivity index (χ1) is 9.86. The van der Waals surface area contributed by atoms with Crippen molar-refractivity contribution in [3.05, 3.63) is 29.8 Å². The van der Waals surface area contributed by atoms with Crippen LogP contribution in [-0.2, 0) is 10.0 Å². The number of benzene rings is 1. The standard InChI is InChI=1S/C14H20F2N2O2S/c1-2-18(12-6-4-11(17)5-7-12)21(19,20)14-9-10(15)3-8-13(14)16/h3,8-9,11-12H,2,4-7,17H2,1H3. The fourth-order valence-corrected chi connectivity index (χ4v) is 4.59. The van der Waals surface area contributed by atoms with Crippen LogP contribution >= 0.6 is 0 Å². The summed E-state index contributed by atoms with van der Waals surface area (Å²) in [6.07, 6.45) is 2.76. The molecule has 0 unspecified atom stereocenters. The molecule has 1 aromatic rings. The van der Waals surface area contributed by atoms with Gasteiger partial charge in [-0.1, -0.05) is 6.92 Å². The number of hydrogen-bond donors (Lipinski definition) is 1. The quantitative estimate of drug-likeness (QED) is 0.926. The van der Waals surface area contributed by atoms with Crippen LogP contribution in [0.3, 0.4) is 0 Å². The molecular formula is C14H20F2N2O2S. The van der Waals surface area contributed by atoms with Gasteiger partial charge in [0.05, 0.1) is 0 Å². The summed E-state index contributed by atoms with van der Waals surface area (Å²) in [5, 5.41) is 0. The van der Waals surface area contributed by atoms with E-state index < -0.39 is 26.6 Å². The number of rotatable bonds is 4. The molecule has 118 valence electrons. The Bertz CT molecular complexity index is 599. The Hall–Kier alpha value is -1.05. The molecule has 1 fully saturated rings. The van der Waals surface area contributed by atoms with E-state index in [-0.39, 0.29) is 18.6 Å². The third-order valence-electron chi connectivity index (χ3n) is 3.94. The first kappa shape index (κ1) is 16.3. The second kappa shape index (κ2) is 6.37. The molecular weight excluding hydrogens is 298 g/mol. The highest BCUT2D eigenvalue weighted by Gasteiger charge is 2.34. The molecule has 0 saturated heterocycles. The largest absolute Gasteiger partial charge is 0.328 e. The van der Waals surface area contributed by atoms with Crippen LogP contribution in [0.1, 0.15) is 32.6 Å². The van der Waals surface area contributed by atoms with Crippen molar-refractivity contribution in [1.82, 2.24) is 4.31 Å². The fraction of sp³-hybridized carbons (Fsp3) is 0.571. The molecule has 1 saturated carbocycles. The van der Waals surface area contributed by atoms with E-state index in [4.69, 9.17) is 5.73 Å². The smallest absolute Gasteiger partial charge is 0.246 e. The molecule has 1 aromatic carbocycles. The van der Waals surface area contributed by atoms with Gasteiger partial charge >= 0.3 is 0 Å². The van der Waals surface area contributed by atoms with Gasteiger partial charge in [0.1, 0.15) is 16.5 Å². The zero-order valence-electron chi connectivity index (χ0n) is 11.9. The van der Waals surface area contributed by atoms with Crippen LogP contribution in [0.15, 0.2) is 23.1 Å². The van der Waals surface area contributed by atoms with E-state index in [0.29, 0.717) is 12.8 Å². The second-order valence-corrected chi connectivity index (χ2v) is 7.21. The number of nitrogens with two attached hydrogens (primary N) is 1. The fourth-order valence-electron chi connectivity index (χ4n) is 2.82. The van der Waals surface area contributed by atoms with Crippen LogP contribution in [0.2, 0.25) is 0 Å². The molecule has 0 heterocycles. The summed E-state index contributed by atoms with van der Waals surface area (Å²) >= 11 is 0. The maximum Gasteiger partial charge on any atom is 0.246 e. The summed E-state index contributed by atoms with van der Waals surface area (Å²) < 4.78 is 53.5. The first-order valence-corrected chi connectivity index (χ1v) is 8.52. The number of hydrogen-bond acceptors (Lipinski definition) is 3. The van der Waals surface area contributed by atoms with Gasteiger partial charge in [-0.15, -0.1) is 0 Å². The molecule has 7 heteroatoms. The molecule has 2 rings (SSSR count). The molecule has 0 amide bonds.